The first-order chi connectivity index (χ1) is 15.4. The third kappa shape index (κ3) is 4.01. The highest BCUT2D eigenvalue weighted by Gasteiger charge is 2.49. The van der Waals surface area contributed by atoms with Crippen LogP contribution in [0, 0.1) is 0 Å². The molecule has 32 heavy (non-hydrogen) atoms. The van der Waals surface area contributed by atoms with Crippen LogP contribution in [0.15, 0.2) is 66.7 Å². The third-order valence-electron chi connectivity index (χ3n) is 5.53. The number of carbonyl (C=O) groups is 3. The molecule has 164 valence electrons. The van der Waals surface area contributed by atoms with E-state index in [-0.39, 0.29) is 0 Å². The molecule has 4 rings (SSSR count). The largest absolute Gasteiger partial charge is 0.491 e. The van der Waals surface area contributed by atoms with Crippen LogP contribution >= 0.6 is 0 Å². The molecular weight excluding hydrogens is 406 g/mol. The van der Waals surface area contributed by atoms with Gasteiger partial charge in [-0.15, -0.1) is 0 Å². The maximum Gasteiger partial charge on any atom is 0.325 e. The Kier molecular flexibility index (Phi) is 5.81. The van der Waals surface area contributed by atoms with Crippen molar-refractivity contribution in [2.75, 3.05) is 18.5 Å². The van der Waals surface area contributed by atoms with Crippen LogP contribution in [0.5, 0.6) is 5.75 Å². The zero-order valence-corrected chi connectivity index (χ0v) is 18.1. The average Bonchev–Trinajstić information content (AvgIpc) is 3.02. The number of fused-ring (bicyclic) bond motifs is 1. The fraction of sp³-hybridized carbons (Fsp3) is 0.240. The van der Waals surface area contributed by atoms with Crippen molar-refractivity contribution < 1.29 is 19.1 Å². The van der Waals surface area contributed by atoms with Gasteiger partial charge in [0.15, 0.2) is 0 Å². The van der Waals surface area contributed by atoms with Crippen LogP contribution in [-0.4, -0.2) is 35.9 Å². The Hall–Kier alpha value is -3.87. The lowest BCUT2D eigenvalue weighted by molar-refractivity contribution is -0.133. The predicted octanol–water partition coefficient (Wildman–Crippen LogP) is 4.03. The van der Waals surface area contributed by atoms with E-state index >= 15 is 0 Å². The number of hydrogen-bond acceptors (Lipinski definition) is 4. The molecule has 2 N–H and O–H groups in total. The van der Waals surface area contributed by atoms with Crippen molar-refractivity contribution >= 4 is 34.3 Å². The molecule has 1 fully saturated rings. The quantitative estimate of drug-likeness (QED) is 0.553. The lowest BCUT2D eigenvalue weighted by atomic mass is 9.90. The van der Waals surface area contributed by atoms with Gasteiger partial charge in [0.2, 0.25) is 5.91 Å². The number of urea groups is 1. The molecule has 1 aliphatic heterocycles. The zero-order chi connectivity index (χ0) is 22.7. The van der Waals surface area contributed by atoms with Gasteiger partial charge in [-0.05, 0) is 47.9 Å². The van der Waals surface area contributed by atoms with Crippen molar-refractivity contribution in [2.45, 2.75) is 25.8 Å². The maximum atomic E-state index is 13.2. The Morgan fingerprint density at radius 2 is 1.75 bits per heavy atom. The number of anilines is 1. The van der Waals surface area contributed by atoms with E-state index in [4.69, 9.17) is 4.74 Å². The van der Waals surface area contributed by atoms with Gasteiger partial charge in [0, 0.05) is 0 Å². The fourth-order valence-electron chi connectivity index (χ4n) is 3.78. The molecule has 4 amide bonds. The molecule has 0 spiro atoms. The summed E-state index contributed by atoms with van der Waals surface area (Å²) in [5.74, 6) is -0.409. The van der Waals surface area contributed by atoms with Crippen molar-refractivity contribution in [2.24, 2.45) is 0 Å². The summed E-state index contributed by atoms with van der Waals surface area (Å²) in [5, 5.41) is 7.50. The minimum Gasteiger partial charge on any atom is -0.491 e. The highest BCUT2D eigenvalue weighted by Crippen LogP contribution is 2.31. The number of benzene rings is 3. The molecule has 7 heteroatoms. The molecule has 1 heterocycles. The number of ether oxygens (including phenoxy) is 1. The summed E-state index contributed by atoms with van der Waals surface area (Å²) in [6.07, 6.45) is 0.831. The van der Waals surface area contributed by atoms with Gasteiger partial charge in [-0.3, -0.25) is 14.5 Å². The molecule has 0 aromatic heterocycles. The monoisotopic (exact) mass is 431 g/mol. The molecule has 3 aromatic carbocycles. The summed E-state index contributed by atoms with van der Waals surface area (Å²) in [6.45, 7) is 3.77. The fourth-order valence-corrected chi connectivity index (χ4v) is 3.78. The van der Waals surface area contributed by atoms with Gasteiger partial charge in [0.05, 0.1) is 12.3 Å². The molecule has 1 atom stereocenters. The van der Waals surface area contributed by atoms with Crippen LogP contribution in [0.3, 0.4) is 0 Å². The van der Waals surface area contributed by atoms with E-state index in [2.05, 4.69) is 10.6 Å². The van der Waals surface area contributed by atoms with Gasteiger partial charge in [-0.1, -0.05) is 55.5 Å². The number of nitrogens with one attached hydrogen (secondary N) is 2. The van der Waals surface area contributed by atoms with E-state index in [0.717, 1.165) is 22.1 Å². The topological polar surface area (TPSA) is 87.7 Å². The highest BCUT2D eigenvalue weighted by molar-refractivity contribution is 6.10. The van der Waals surface area contributed by atoms with Crippen molar-refractivity contribution in [3.8, 4) is 5.75 Å². The Morgan fingerprint density at radius 3 is 2.53 bits per heavy atom. The molecule has 0 aliphatic carbocycles. The van der Waals surface area contributed by atoms with Gasteiger partial charge < -0.3 is 15.4 Å². The van der Waals surface area contributed by atoms with E-state index in [1.54, 1.807) is 25.1 Å². The lowest BCUT2D eigenvalue weighted by Crippen LogP contribution is -2.42. The van der Waals surface area contributed by atoms with E-state index in [1.165, 1.54) is 0 Å². The zero-order valence-electron chi connectivity index (χ0n) is 18.1. The molecule has 3 aromatic rings. The van der Waals surface area contributed by atoms with Gasteiger partial charge in [0.25, 0.3) is 5.91 Å². The van der Waals surface area contributed by atoms with Gasteiger partial charge in [-0.2, -0.15) is 0 Å². The van der Waals surface area contributed by atoms with Gasteiger partial charge in [0.1, 0.15) is 17.8 Å². The first kappa shape index (κ1) is 21.4. The number of para-hydroxylation sites is 2. The summed E-state index contributed by atoms with van der Waals surface area (Å²) in [5.41, 5.74) is -0.0881. The standard InChI is InChI=1S/C25H25N3O4/c1-3-14-32-21-11-7-6-10-20(21)26-22(29)16-28-23(30)25(2,27-24(28)31)19-13-12-17-8-4-5-9-18(17)15-19/h4-13,15H,3,14,16H2,1-2H3,(H,26,29)(H,27,31). The SMILES string of the molecule is CCCOc1ccccc1NC(=O)CN1C(=O)NC(C)(c2ccc3ccccc3c2)C1=O. The molecular formula is C25H25N3O4. The summed E-state index contributed by atoms with van der Waals surface area (Å²) in [7, 11) is 0. The number of carbonyl (C=O) groups excluding carboxylic acids is 3. The third-order valence-corrected chi connectivity index (χ3v) is 5.53. The Balaban J connectivity index is 1.51. The minimum absolute atomic E-state index is 0.393. The van der Waals surface area contributed by atoms with Crippen LogP contribution in [0.2, 0.25) is 0 Å². The Bertz CT molecular complexity index is 1190. The molecule has 1 unspecified atom stereocenters. The van der Waals surface area contributed by atoms with Crippen LogP contribution in [-0.2, 0) is 15.1 Å². The predicted molar refractivity (Wildman–Crippen MR) is 122 cm³/mol. The molecule has 0 saturated carbocycles. The van der Waals surface area contributed by atoms with E-state index in [0.29, 0.717) is 23.6 Å². The second-order valence-electron chi connectivity index (χ2n) is 7.90. The first-order valence-electron chi connectivity index (χ1n) is 10.6. The number of amides is 4. The average molecular weight is 431 g/mol. The van der Waals surface area contributed by atoms with Crippen molar-refractivity contribution in [3.63, 3.8) is 0 Å². The Labute approximate surface area is 186 Å². The Morgan fingerprint density at radius 1 is 1.03 bits per heavy atom. The van der Waals surface area contributed by atoms with Crippen LogP contribution in [0.4, 0.5) is 10.5 Å². The van der Waals surface area contributed by atoms with Crippen LogP contribution in [0.1, 0.15) is 25.8 Å². The van der Waals surface area contributed by atoms with Gasteiger partial charge >= 0.3 is 6.03 Å². The summed E-state index contributed by atoms with van der Waals surface area (Å²) in [4.78, 5) is 39.4. The van der Waals surface area contributed by atoms with E-state index < -0.39 is 29.9 Å². The molecule has 1 saturated heterocycles. The number of imide groups is 1. The number of rotatable bonds is 7. The number of hydrogen-bond donors (Lipinski definition) is 2. The number of nitrogens with zero attached hydrogens (tertiary/aromatic N) is 1. The van der Waals surface area contributed by atoms with Crippen molar-refractivity contribution in [1.82, 2.24) is 10.2 Å². The van der Waals surface area contributed by atoms with Crippen LogP contribution in [0.25, 0.3) is 10.8 Å². The molecule has 0 radical (unpaired) electrons. The normalized spacial score (nSPS) is 18.0. The second-order valence-corrected chi connectivity index (χ2v) is 7.90. The lowest BCUT2D eigenvalue weighted by Gasteiger charge is -2.22. The summed E-state index contributed by atoms with van der Waals surface area (Å²) < 4.78 is 5.65. The second kappa shape index (κ2) is 8.70. The van der Waals surface area contributed by atoms with Crippen LogP contribution < -0.4 is 15.4 Å². The first-order valence-corrected chi connectivity index (χ1v) is 10.6. The maximum absolute atomic E-state index is 13.2. The van der Waals surface area contributed by atoms with Crippen molar-refractivity contribution in [1.29, 1.82) is 0 Å². The highest BCUT2D eigenvalue weighted by atomic mass is 16.5. The van der Waals surface area contributed by atoms with E-state index in [9.17, 15) is 14.4 Å². The van der Waals surface area contributed by atoms with E-state index in [1.807, 2.05) is 55.5 Å². The molecule has 1 aliphatic rings. The van der Waals surface area contributed by atoms with Crippen molar-refractivity contribution in [3.05, 3.63) is 72.3 Å². The molecule has 0 bridgehead atoms. The van der Waals surface area contributed by atoms with Gasteiger partial charge in [-0.25, -0.2) is 4.79 Å². The summed E-state index contributed by atoms with van der Waals surface area (Å²) in [6, 6.07) is 19.9. The minimum atomic E-state index is -1.25. The summed E-state index contributed by atoms with van der Waals surface area (Å²) >= 11 is 0. The smallest absolute Gasteiger partial charge is 0.325 e. The molecule has 7 nitrogen and oxygen atoms in total.